The number of hydrogen-bond donors (Lipinski definition) is 5. The van der Waals surface area contributed by atoms with Crippen LogP contribution in [-0.2, 0) is 11.2 Å². The summed E-state index contributed by atoms with van der Waals surface area (Å²) < 4.78 is 28.5. The second-order valence-corrected chi connectivity index (χ2v) is 13.3. The third-order valence-corrected chi connectivity index (χ3v) is 10.0. The number of anilines is 1. The maximum absolute atomic E-state index is 14.2. The Morgan fingerprint density at radius 3 is 2.48 bits per heavy atom. The minimum absolute atomic E-state index is 0.0608. The van der Waals surface area contributed by atoms with Crippen molar-refractivity contribution < 1.29 is 33.7 Å². The summed E-state index contributed by atoms with van der Waals surface area (Å²) >= 11 is 1.17. The van der Waals surface area contributed by atoms with Gasteiger partial charge in [-0.2, -0.15) is 0 Å². The van der Waals surface area contributed by atoms with E-state index in [-0.39, 0.29) is 42.5 Å². The first-order chi connectivity index (χ1) is 18.8. The number of carbonyl (C=O) groups excluding carboxylic acids is 2. The fourth-order valence-electron chi connectivity index (χ4n) is 6.79. The Labute approximate surface area is 237 Å². The third kappa shape index (κ3) is 5.66. The molecular weight excluding hydrogens is 540 g/mol. The van der Waals surface area contributed by atoms with Crippen molar-refractivity contribution in [3.63, 3.8) is 0 Å². The van der Waals surface area contributed by atoms with Crippen molar-refractivity contribution in [1.82, 2.24) is 10.3 Å². The van der Waals surface area contributed by atoms with Gasteiger partial charge in [0.2, 0.25) is 5.91 Å². The van der Waals surface area contributed by atoms with E-state index in [2.05, 4.69) is 22.5 Å². The molecular formula is C29H39F2N3O5S. The molecule has 0 unspecified atom stereocenters. The second kappa shape index (κ2) is 11.8. The molecule has 8 nitrogen and oxygen atoms in total. The van der Waals surface area contributed by atoms with Gasteiger partial charge in [-0.3, -0.25) is 14.9 Å². The average molecular weight is 580 g/mol. The molecule has 0 aliphatic heterocycles. The van der Waals surface area contributed by atoms with Crippen molar-refractivity contribution in [2.75, 3.05) is 18.5 Å². The van der Waals surface area contributed by atoms with Crippen LogP contribution in [0.1, 0.15) is 80.2 Å². The van der Waals surface area contributed by atoms with Gasteiger partial charge in [-0.05, 0) is 55.1 Å². The highest BCUT2D eigenvalue weighted by Crippen LogP contribution is 2.62. The summed E-state index contributed by atoms with van der Waals surface area (Å²) in [5, 5.41) is 36.8. The van der Waals surface area contributed by atoms with Crippen molar-refractivity contribution in [3.8, 4) is 0 Å². The lowest BCUT2D eigenvalue weighted by molar-refractivity contribution is -0.144. The number of halogens is 2. The molecule has 2 aliphatic carbocycles. The SMILES string of the molecule is CC(C)C[C@H](CO)NC(=O)C[C@@H]1c2nc(NC(=O)c3c(F)cccc3F)sc2C[C@@H]2[C@](C)(CO)[C@H](O)CC[C@]21C. The molecule has 2 aromatic rings. The molecule has 220 valence electrons. The van der Waals surface area contributed by atoms with E-state index in [0.29, 0.717) is 31.4 Å². The van der Waals surface area contributed by atoms with Crippen LogP contribution in [0.25, 0.3) is 0 Å². The summed E-state index contributed by atoms with van der Waals surface area (Å²) in [5.41, 5.74) is -1.41. The van der Waals surface area contributed by atoms with Gasteiger partial charge in [-0.15, -0.1) is 11.3 Å². The van der Waals surface area contributed by atoms with Crippen LogP contribution >= 0.6 is 11.3 Å². The first kappa shape index (κ1) is 30.5. The lowest BCUT2D eigenvalue weighted by atomic mass is 9.47. The molecule has 5 N–H and O–H groups in total. The van der Waals surface area contributed by atoms with Gasteiger partial charge in [0.25, 0.3) is 5.91 Å². The summed E-state index contributed by atoms with van der Waals surface area (Å²) in [6.07, 6.45) is 1.46. The molecule has 1 aromatic carbocycles. The number of aliphatic hydroxyl groups excluding tert-OH is 3. The highest BCUT2D eigenvalue weighted by Gasteiger charge is 2.59. The van der Waals surface area contributed by atoms with E-state index in [1.165, 1.54) is 17.4 Å². The van der Waals surface area contributed by atoms with Crippen LogP contribution in [0.15, 0.2) is 18.2 Å². The maximum atomic E-state index is 14.2. The maximum Gasteiger partial charge on any atom is 0.263 e. The lowest BCUT2D eigenvalue weighted by Gasteiger charge is -2.58. The van der Waals surface area contributed by atoms with Crippen LogP contribution in [0.3, 0.4) is 0 Å². The fraction of sp³-hybridized carbons (Fsp3) is 0.621. The Kier molecular flexibility index (Phi) is 8.99. The fourth-order valence-corrected chi connectivity index (χ4v) is 7.86. The minimum Gasteiger partial charge on any atom is -0.396 e. The summed E-state index contributed by atoms with van der Waals surface area (Å²) in [4.78, 5) is 31.6. The predicted molar refractivity (Wildman–Crippen MR) is 148 cm³/mol. The Morgan fingerprint density at radius 1 is 1.20 bits per heavy atom. The standard InChI is InChI=1S/C29H39F2N3O5S/c1-15(2)10-16(13-35)32-23(38)11-17-25-20(12-21-28(17,3)9-8-22(37)29(21,4)14-36)40-27(33-25)34-26(39)24-18(30)6-5-7-19(24)31/h5-7,15-17,21-22,35-37H,8-14H2,1-4H3,(H,32,38)(H,33,34,39)/t16-,17-,21+,22-,28+,29+/m1/s1. The van der Waals surface area contributed by atoms with E-state index >= 15 is 0 Å². The van der Waals surface area contributed by atoms with Gasteiger partial charge in [0, 0.05) is 22.6 Å². The van der Waals surface area contributed by atoms with E-state index in [1.807, 2.05) is 20.8 Å². The van der Waals surface area contributed by atoms with Crippen LogP contribution in [0.4, 0.5) is 13.9 Å². The van der Waals surface area contributed by atoms with Gasteiger partial charge in [-0.25, -0.2) is 13.8 Å². The van der Waals surface area contributed by atoms with E-state index in [4.69, 9.17) is 0 Å². The van der Waals surface area contributed by atoms with Gasteiger partial charge in [-0.1, -0.05) is 33.8 Å². The van der Waals surface area contributed by atoms with E-state index in [9.17, 15) is 33.7 Å². The normalized spacial score (nSPS) is 28.5. The molecule has 4 rings (SSSR count). The Balaban J connectivity index is 1.70. The largest absolute Gasteiger partial charge is 0.396 e. The highest BCUT2D eigenvalue weighted by atomic mass is 32.1. The Hall–Kier alpha value is -2.47. The molecule has 2 amide bonds. The number of rotatable bonds is 9. The van der Waals surface area contributed by atoms with Crippen molar-refractivity contribution >= 4 is 28.3 Å². The van der Waals surface area contributed by atoms with E-state index in [1.54, 1.807) is 0 Å². The van der Waals surface area contributed by atoms with E-state index < -0.39 is 52.0 Å². The molecule has 11 heteroatoms. The Bertz CT molecular complexity index is 1240. The van der Waals surface area contributed by atoms with Crippen LogP contribution in [-0.4, -0.2) is 57.5 Å². The van der Waals surface area contributed by atoms with Gasteiger partial charge >= 0.3 is 0 Å². The third-order valence-electron chi connectivity index (χ3n) is 9.03. The summed E-state index contributed by atoms with van der Waals surface area (Å²) in [5.74, 6) is -3.52. The summed E-state index contributed by atoms with van der Waals surface area (Å²) in [6.45, 7) is 7.51. The quantitative estimate of drug-likeness (QED) is 0.305. The first-order valence-corrected chi connectivity index (χ1v) is 14.6. The van der Waals surface area contributed by atoms with Gasteiger partial charge in [0.1, 0.15) is 17.2 Å². The molecule has 0 bridgehead atoms. The first-order valence-electron chi connectivity index (χ1n) is 13.8. The number of benzene rings is 1. The van der Waals surface area contributed by atoms with Crippen molar-refractivity contribution in [3.05, 3.63) is 46.0 Å². The summed E-state index contributed by atoms with van der Waals surface area (Å²) in [7, 11) is 0. The zero-order valence-corrected chi connectivity index (χ0v) is 24.2. The number of aliphatic hydroxyl groups is 3. The Morgan fingerprint density at radius 2 is 1.88 bits per heavy atom. The van der Waals surface area contributed by atoms with E-state index in [0.717, 1.165) is 17.0 Å². The number of hydrogen-bond acceptors (Lipinski definition) is 7. The second-order valence-electron chi connectivity index (χ2n) is 12.2. The lowest BCUT2D eigenvalue weighted by Crippen LogP contribution is -2.58. The molecule has 2 aliphatic rings. The molecule has 40 heavy (non-hydrogen) atoms. The predicted octanol–water partition coefficient (Wildman–Crippen LogP) is 4.00. The number of nitrogens with zero attached hydrogens (tertiary/aromatic N) is 1. The molecule has 1 fully saturated rings. The topological polar surface area (TPSA) is 132 Å². The monoisotopic (exact) mass is 579 g/mol. The number of nitrogens with one attached hydrogen (secondary N) is 2. The molecule has 1 aromatic heterocycles. The molecule has 1 heterocycles. The molecule has 6 atom stereocenters. The zero-order chi connectivity index (χ0) is 29.4. The molecule has 0 spiro atoms. The highest BCUT2D eigenvalue weighted by molar-refractivity contribution is 7.15. The smallest absolute Gasteiger partial charge is 0.263 e. The molecule has 1 saturated carbocycles. The number of amides is 2. The zero-order valence-electron chi connectivity index (χ0n) is 23.3. The van der Waals surface area contributed by atoms with Crippen LogP contribution in [0, 0.1) is 34.3 Å². The molecule has 0 radical (unpaired) electrons. The number of fused-ring (bicyclic) bond motifs is 2. The van der Waals surface area contributed by atoms with Gasteiger partial charge in [0.15, 0.2) is 5.13 Å². The van der Waals surface area contributed by atoms with Crippen molar-refractivity contribution in [2.24, 2.45) is 22.7 Å². The average Bonchev–Trinajstić information content (AvgIpc) is 3.28. The van der Waals surface area contributed by atoms with Crippen molar-refractivity contribution in [2.45, 2.75) is 77.9 Å². The van der Waals surface area contributed by atoms with Crippen LogP contribution < -0.4 is 10.6 Å². The van der Waals surface area contributed by atoms with Gasteiger partial charge in [0.05, 0.1) is 31.1 Å². The van der Waals surface area contributed by atoms with Gasteiger partial charge < -0.3 is 20.6 Å². The summed E-state index contributed by atoms with van der Waals surface area (Å²) in [6, 6.07) is 2.79. The number of carbonyl (C=O) groups is 2. The minimum atomic E-state index is -0.987. The number of aromatic nitrogens is 1. The van der Waals surface area contributed by atoms with Crippen LogP contribution in [0.5, 0.6) is 0 Å². The van der Waals surface area contributed by atoms with Crippen molar-refractivity contribution in [1.29, 1.82) is 0 Å². The number of thiazole rings is 1. The molecule has 0 saturated heterocycles. The van der Waals surface area contributed by atoms with Crippen LogP contribution in [0.2, 0.25) is 0 Å².